The number of fused-ring (bicyclic) bond motifs is 1. The van der Waals surface area contributed by atoms with Crippen LogP contribution in [0.2, 0.25) is 0 Å². The average Bonchev–Trinajstić information content (AvgIpc) is 3.10. The molecule has 1 aromatic rings. The van der Waals surface area contributed by atoms with Crippen molar-refractivity contribution in [3.63, 3.8) is 0 Å². The normalized spacial score (nSPS) is 15.8. The summed E-state index contributed by atoms with van der Waals surface area (Å²) in [6, 6.07) is 5.36. The molecule has 0 atom stereocenters. The standard InChI is InChI=1S/C18H19NO6/c1-3-22-17(20)12-8-19-9-13(18(21)23-4-2)15(12)11-6-5-7-14-16(11)25-10-24-14/h5-9,15,19H,3-4,10H2,1-2H3. The summed E-state index contributed by atoms with van der Waals surface area (Å²) in [5.41, 5.74) is 1.25. The minimum atomic E-state index is -0.670. The largest absolute Gasteiger partial charge is 0.463 e. The predicted octanol–water partition coefficient (Wildman–Crippen LogP) is 2.00. The van der Waals surface area contributed by atoms with Crippen molar-refractivity contribution in [2.75, 3.05) is 20.0 Å². The molecule has 2 aliphatic rings. The smallest absolute Gasteiger partial charge is 0.336 e. The fourth-order valence-electron chi connectivity index (χ4n) is 2.85. The van der Waals surface area contributed by atoms with E-state index in [0.717, 1.165) is 0 Å². The number of hydrogen-bond donors (Lipinski definition) is 1. The number of ether oxygens (including phenoxy) is 4. The van der Waals surface area contributed by atoms with Crippen molar-refractivity contribution in [3.05, 3.63) is 47.3 Å². The van der Waals surface area contributed by atoms with Gasteiger partial charge in [-0.3, -0.25) is 0 Å². The summed E-state index contributed by atoms with van der Waals surface area (Å²) in [6.45, 7) is 4.00. The van der Waals surface area contributed by atoms with E-state index in [2.05, 4.69) is 5.32 Å². The van der Waals surface area contributed by atoms with Gasteiger partial charge in [0.05, 0.1) is 30.3 Å². The molecule has 0 aromatic heterocycles. The highest BCUT2D eigenvalue weighted by molar-refractivity contribution is 5.99. The Kier molecular flexibility index (Phi) is 4.92. The molecule has 0 amide bonds. The highest BCUT2D eigenvalue weighted by Crippen LogP contribution is 2.45. The summed E-state index contributed by atoms with van der Waals surface area (Å²) in [6.07, 6.45) is 3.06. The third kappa shape index (κ3) is 3.17. The minimum Gasteiger partial charge on any atom is -0.463 e. The molecule has 0 aliphatic carbocycles. The van der Waals surface area contributed by atoms with Gasteiger partial charge in [-0.25, -0.2) is 9.59 Å². The van der Waals surface area contributed by atoms with E-state index in [9.17, 15) is 9.59 Å². The molecule has 0 bridgehead atoms. The van der Waals surface area contributed by atoms with Crippen LogP contribution in [0.15, 0.2) is 41.7 Å². The molecule has 0 spiro atoms. The zero-order chi connectivity index (χ0) is 17.8. The first-order valence-corrected chi connectivity index (χ1v) is 8.06. The first kappa shape index (κ1) is 16.9. The lowest BCUT2D eigenvalue weighted by Crippen LogP contribution is -2.27. The van der Waals surface area contributed by atoms with Crippen molar-refractivity contribution < 1.29 is 28.5 Å². The maximum atomic E-state index is 12.4. The van der Waals surface area contributed by atoms with E-state index in [4.69, 9.17) is 18.9 Å². The summed E-state index contributed by atoms with van der Waals surface area (Å²) in [5, 5.41) is 2.83. The second kappa shape index (κ2) is 7.29. The van der Waals surface area contributed by atoms with Gasteiger partial charge in [0.25, 0.3) is 0 Å². The van der Waals surface area contributed by atoms with Gasteiger partial charge < -0.3 is 24.3 Å². The van der Waals surface area contributed by atoms with Gasteiger partial charge in [-0.2, -0.15) is 0 Å². The maximum Gasteiger partial charge on any atom is 0.336 e. The Bertz CT molecular complexity index is 718. The van der Waals surface area contributed by atoms with Gasteiger partial charge in [-0.15, -0.1) is 0 Å². The van der Waals surface area contributed by atoms with Gasteiger partial charge in [-0.05, 0) is 19.9 Å². The molecule has 132 valence electrons. The van der Waals surface area contributed by atoms with Crippen LogP contribution >= 0.6 is 0 Å². The van der Waals surface area contributed by atoms with E-state index >= 15 is 0 Å². The van der Waals surface area contributed by atoms with Gasteiger partial charge in [0.2, 0.25) is 6.79 Å². The minimum absolute atomic E-state index is 0.0915. The first-order valence-electron chi connectivity index (χ1n) is 8.06. The number of benzene rings is 1. The van der Waals surface area contributed by atoms with E-state index in [0.29, 0.717) is 28.2 Å². The van der Waals surface area contributed by atoms with Gasteiger partial charge in [0.1, 0.15) is 0 Å². The van der Waals surface area contributed by atoms with Crippen LogP contribution in [-0.2, 0) is 19.1 Å². The maximum absolute atomic E-state index is 12.4. The summed E-state index contributed by atoms with van der Waals surface area (Å²) in [4.78, 5) is 24.9. The molecule has 0 radical (unpaired) electrons. The molecule has 7 heteroatoms. The Balaban J connectivity index is 2.07. The highest BCUT2D eigenvalue weighted by Gasteiger charge is 2.37. The molecule has 1 aromatic carbocycles. The second-order valence-electron chi connectivity index (χ2n) is 5.32. The van der Waals surface area contributed by atoms with Crippen molar-refractivity contribution in [2.24, 2.45) is 0 Å². The Labute approximate surface area is 145 Å². The number of esters is 2. The summed E-state index contributed by atoms with van der Waals surface area (Å²) < 4.78 is 21.2. The molecular weight excluding hydrogens is 326 g/mol. The fraction of sp³-hybridized carbons (Fsp3) is 0.333. The highest BCUT2D eigenvalue weighted by atomic mass is 16.7. The number of nitrogens with one attached hydrogen (secondary N) is 1. The number of hydrogen-bond acceptors (Lipinski definition) is 7. The van der Waals surface area contributed by atoms with Gasteiger partial charge in [0.15, 0.2) is 11.5 Å². The predicted molar refractivity (Wildman–Crippen MR) is 87.9 cm³/mol. The van der Waals surface area contributed by atoms with Crippen molar-refractivity contribution in [1.29, 1.82) is 0 Å². The van der Waals surface area contributed by atoms with E-state index in [1.165, 1.54) is 12.4 Å². The summed E-state index contributed by atoms with van der Waals surface area (Å²) >= 11 is 0. The fourth-order valence-corrected chi connectivity index (χ4v) is 2.85. The quantitative estimate of drug-likeness (QED) is 0.817. The van der Waals surface area contributed by atoms with Crippen LogP contribution in [0.5, 0.6) is 11.5 Å². The average molecular weight is 345 g/mol. The van der Waals surface area contributed by atoms with Crippen molar-refractivity contribution in [2.45, 2.75) is 19.8 Å². The molecule has 2 aliphatic heterocycles. The molecule has 0 fully saturated rings. The molecule has 0 unspecified atom stereocenters. The van der Waals surface area contributed by atoms with Crippen LogP contribution < -0.4 is 14.8 Å². The molecule has 2 heterocycles. The molecular formula is C18H19NO6. The SMILES string of the molecule is CCOC(=O)C1=CNC=C(C(=O)OCC)C1c1cccc2c1OCO2. The number of dihydropyridines is 1. The number of carbonyl (C=O) groups is 2. The number of rotatable bonds is 5. The Morgan fingerprint density at radius 3 is 2.32 bits per heavy atom. The van der Waals surface area contributed by atoms with E-state index in [1.807, 2.05) is 0 Å². The van der Waals surface area contributed by atoms with Crippen LogP contribution in [0.25, 0.3) is 0 Å². The first-order chi connectivity index (χ1) is 12.2. The van der Waals surface area contributed by atoms with Crippen LogP contribution in [-0.4, -0.2) is 31.9 Å². The van der Waals surface area contributed by atoms with Crippen molar-refractivity contribution in [1.82, 2.24) is 5.32 Å². The zero-order valence-electron chi connectivity index (χ0n) is 14.0. The Morgan fingerprint density at radius 2 is 1.72 bits per heavy atom. The van der Waals surface area contributed by atoms with Crippen LogP contribution in [0.4, 0.5) is 0 Å². The molecule has 3 rings (SSSR count). The monoisotopic (exact) mass is 345 g/mol. The van der Waals surface area contributed by atoms with Crippen molar-refractivity contribution >= 4 is 11.9 Å². The zero-order valence-corrected chi connectivity index (χ0v) is 14.0. The topological polar surface area (TPSA) is 83.1 Å². The van der Waals surface area contributed by atoms with Gasteiger partial charge in [0, 0.05) is 18.0 Å². The molecule has 1 N–H and O–H groups in total. The summed E-state index contributed by atoms with van der Waals surface area (Å²) in [5.74, 6) is -0.601. The molecule has 25 heavy (non-hydrogen) atoms. The Hall–Kier alpha value is -2.96. The van der Waals surface area contributed by atoms with Gasteiger partial charge >= 0.3 is 11.9 Å². The lowest BCUT2D eigenvalue weighted by molar-refractivity contribution is -0.139. The summed E-state index contributed by atoms with van der Waals surface area (Å²) in [7, 11) is 0. The second-order valence-corrected chi connectivity index (χ2v) is 5.32. The van der Waals surface area contributed by atoms with Crippen LogP contribution in [0.1, 0.15) is 25.3 Å². The third-order valence-corrected chi connectivity index (χ3v) is 3.86. The number of carbonyl (C=O) groups excluding carboxylic acids is 2. The third-order valence-electron chi connectivity index (χ3n) is 3.86. The van der Waals surface area contributed by atoms with E-state index in [1.54, 1.807) is 32.0 Å². The number of para-hydroxylation sites is 1. The van der Waals surface area contributed by atoms with Gasteiger partial charge in [-0.1, -0.05) is 12.1 Å². The van der Waals surface area contributed by atoms with E-state index < -0.39 is 17.9 Å². The molecule has 7 nitrogen and oxygen atoms in total. The molecule has 0 saturated carbocycles. The van der Waals surface area contributed by atoms with Crippen LogP contribution in [0.3, 0.4) is 0 Å². The lowest BCUT2D eigenvalue weighted by Gasteiger charge is -2.25. The Morgan fingerprint density at radius 1 is 1.08 bits per heavy atom. The lowest BCUT2D eigenvalue weighted by atomic mass is 9.83. The van der Waals surface area contributed by atoms with Crippen molar-refractivity contribution in [3.8, 4) is 11.5 Å². The van der Waals surface area contributed by atoms with Crippen LogP contribution in [0, 0.1) is 0 Å². The van der Waals surface area contributed by atoms with E-state index in [-0.39, 0.29) is 20.0 Å². The molecule has 0 saturated heterocycles.